The van der Waals surface area contributed by atoms with Gasteiger partial charge >= 0.3 is 0 Å². The van der Waals surface area contributed by atoms with Crippen molar-refractivity contribution in [3.05, 3.63) is 0 Å². The molecule has 4 atom stereocenters. The number of hydrogen-bond acceptors (Lipinski definition) is 4. The van der Waals surface area contributed by atoms with Crippen molar-refractivity contribution in [1.29, 1.82) is 0 Å². The molecular formula is C17H34O4Si. The van der Waals surface area contributed by atoms with Crippen molar-refractivity contribution in [2.24, 2.45) is 0 Å². The predicted octanol–water partition coefficient (Wildman–Crippen LogP) is 3.83. The molecule has 5 heteroatoms. The zero-order chi connectivity index (χ0) is 16.4. The summed E-state index contributed by atoms with van der Waals surface area (Å²) in [4.78, 5) is 0. The summed E-state index contributed by atoms with van der Waals surface area (Å²) in [5.74, 6) is 0. The number of aliphatic hydroxyl groups is 1. The topological polar surface area (TPSA) is 47.9 Å². The standard InChI is InChI=1S/C17H34O4Si/c1-17(2,3)22(4,5)21-15-11-13(18)10-14(12-15)20-16-8-6-7-9-19-16/h13-16,18H,6-12H2,1-5H3/t13-,14+,15+,16?/m0/s1. The molecule has 0 aromatic rings. The monoisotopic (exact) mass is 330 g/mol. The van der Waals surface area contributed by atoms with E-state index >= 15 is 0 Å². The summed E-state index contributed by atoms with van der Waals surface area (Å²) in [7, 11) is -1.80. The Morgan fingerprint density at radius 1 is 1.05 bits per heavy atom. The number of aliphatic hydroxyl groups excluding tert-OH is 1. The molecule has 1 saturated heterocycles. The van der Waals surface area contributed by atoms with E-state index in [-0.39, 0.29) is 29.6 Å². The van der Waals surface area contributed by atoms with E-state index < -0.39 is 8.32 Å². The van der Waals surface area contributed by atoms with Crippen LogP contribution in [-0.4, -0.2) is 44.6 Å². The van der Waals surface area contributed by atoms with Crippen LogP contribution in [0.3, 0.4) is 0 Å². The molecule has 1 aliphatic heterocycles. The van der Waals surface area contributed by atoms with E-state index in [1.807, 2.05) is 0 Å². The van der Waals surface area contributed by atoms with E-state index in [0.29, 0.717) is 6.42 Å². The molecule has 1 heterocycles. The zero-order valence-corrected chi connectivity index (χ0v) is 15.9. The molecule has 0 aromatic heterocycles. The fraction of sp³-hybridized carbons (Fsp3) is 1.00. The largest absolute Gasteiger partial charge is 0.414 e. The lowest BCUT2D eigenvalue weighted by molar-refractivity contribution is -0.204. The van der Waals surface area contributed by atoms with Gasteiger partial charge in [0.1, 0.15) is 0 Å². The van der Waals surface area contributed by atoms with Crippen LogP contribution < -0.4 is 0 Å². The summed E-state index contributed by atoms with van der Waals surface area (Å²) in [6, 6.07) is 0. The van der Waals surface area contributed by atoms with Crippen LogP contribution >= 0.6 is 0 Å². The predicted molar refractivity (Wildman–Crippen MR) is 90.4 cm³/mol. The van der Waals surface area contributed by atoms with E-state index in [0.717, 1.165) is 32.3 Å². The van der Waals surface area contributed by atoms with E-state index in [1.54, 1.807) is 0 Å². The van der Waals surface area contributed by atoms with E-state index in [4.69, 9.17) is 13.9 Å². The highest BCUT2D eigenvalue weighted by Crippen LogP contribution is 2.39. The Morgan fingerprint density at radius 2 is 1.73 bits per heavy atom. The van der Waals surface area contributed by atoms with Crippen LogP contribution in [0.4, 0.5) is 0 Å². The summed E-state index contributed by atoms with van der Waals surface area (Å²) in [6.07, 6.45) is 5.35. The molecular weight excluding hydrogens is 296 g/mol. The highest BCUT2D eigenvalue weighted by atomic mass is 28.4. The van der Waals surface area contributed by atoms with Crippen LogP contribution in [-0.2, 0) is 13.9 Å². The molecule has 0 bridgehead atoms. The van der Waals surface area contributed by atoms with E-state index in [9.17, 15) is 5.11 Å². The molecule has 1 saturated carbocycles. The van der Waals surface area contributed by atoms with Gasteiger partial charge in [-0.15, -0.1) is 0 Å². The Balaban J connectivity index is 1.90. The molecule has 4 nitrogen and oxygen atoms in total. The first kappa shape index (κ1) is 18.4. The minimum absolute atomic E-state index is 0.0571. The van der Waals surface area contributed by atoms with Gasteiger partial charge < -0.3 is 19.0 Å². The molecule has 2 fully saturated rings. The minimum Gasteiger partial charge on any atom is -0.414 e. The van der Waals surface area contributed by atoms with Gasteiger partial charge in [-0.25, -0.2) is 0 Å². The molecule has 22 heavy (non-hydrogen) atoms. The average molecular weight is 331 g/mol. The van der Waals surface area contributed by atoms with Gasteiger partial charge in [0.2, 0.25) is 0 Å². The average Bonchev–Trinajstić information content (AvgIpc) is 2.37. The maximum absolute atomic E-state index is 10.2. The van der Waals surface area contributed by atoms with E-state index in [2.05, 4.69) is 33.9 Å². The van der Waals surface area contributed by atoms with Crippen LogP contribution in [0.25, 0.3) is 0 Å². The molecule has 1 unspecified atom stereocenters. The molecule has 1 aliphatic carbocycles. The maximum atomic E-state index is 10.2. The van der Waals surface area contributed by atoms with Crippen molar-refractivity contribution in [1.82, 2.24) is 0 Å². The lowest BCUT2D eigenvalue weighted by Gasteiger charge is -2.43. The first-order chi connectivity index (χ1) is 10.2. The highest BCUT2D eigenvalue weighted by Gasteiger charge is 2.41. The SMILES string of the molecule is CC(C)(C)[Si](C)(C)O[C@@H]1C[C@@H](O)C[C@@H](OC2CCCCO2)C1. The molecule has 0 spiro atoms. The Bertz CT molecular complexity index is 347. The molecule has 2 aliphatic rings. The van der Waals surface area contributed by atoms with Gasteiger partial charge in [0.25, 0.3) is 0 Å². The second kappa shape index (κ2) is 7.30. The second-order valence-corrected chi connectivity index (χ2v) is 13.2. The zero-order valence-electron chi connectivity index (χ0n) is 14.9. The van der Waals surface area contributed by atoms with Crippen molar-refractivity contribution >= 4 is 8.32 Å². The lowest BCUT2D eigenvalue weighted by atomic mass is 9.92. The third kappa shape index (κ3) is 5.03. The quantitative estimate of drug-likeness (QED) is 0.796. The Morgan fingerprint density at radius 3 is 2.32 bits per heavy atom. The summed E-state index contributed by atoms with van der Waals surface area (Å²) in [5.41, 5.74) is 0. The van der Waals surface area contributed by atoms with Gasteiger partial charge in [-0.05, 0) is 56.7 Å². The molecule has 0 amide bonds. The summed E-state index contributed by atoms with van der Waals surface area (Å²) in [5, 5.41) is 10.4. The summed E-state index contributed by atoms with van der Waals surface area (Å²) in [6.45, 7) is 12.1. The van der Waals surface area contributed by atoms with Gasteiger partial charge in [0.15, 0.2) is 14.6 Å². The van der Waals surface area contributed by atoms with Crippen molar-refractivity contribution in [3.8, 4) is 0 Å². The van der Waals surface area contributed by atoms with Crippen molar-refractivity contribution in [2.45, 2.75) is 102 Å². The molecule has 0 aromatic carbocycles. The van der Waals surface area contributed by atoms with Gasteiger partial charge in [-0.2, -0.15) is 0 Å². The first-order valence-corrected chi connectivity index (χ1v) is 11.7. The van der Waals surface area contributed by atoms with Crippen LogP contribution in [0.15, 0.2) is 0 Å². The second-order valence-electron chi connectivity index (χ2n) is 8.42. The van der Waals surface area contributed by atoms with Crippen LogP contribution in [0.2, 0.25) is 18.1 Å². The fourth-order valence-corrected chi connectivity index (χ4v) is 4.40. The van der Waals surface area contributed by atoms with Gasteiger partial charge in [-0.1, -0.05) is 20.8 Å². The van der Waals surface area contributed by atoms with E-state index in [1.165, 1.54) is 6.42 Å². The Hall–Kier alpha value is 0.0569. The maximum Gasteiger partial charge on any atom is 0.192 e. The summed E-state index contributed by atoms with van der Waals surface area (Å²) < 4.78 is 18.2. The van der Waals surface area contributed by atoms with Gasteiger partial charge in [-0.3, -0.25) is 0 Å². The summed E-state index contributed by atoms with van der Waals surface area (Å²) >= 11 is 0. The van der Waals surface area contributed by atoms with Crippen molar-refractivity contribution < 1.29 is 19.0 Å². The smallest absolute Gasteiger partial charge is 0.192 e. The molecule has 0 radical (unpaired) electrons. The molecule has 130 valence electrons. The van der Waals surface area contributed by atoms with Crippen molar-refractivity contribution in [3.63, 3.8) is 0 Å². The third-order valence-electron chi connectivity index (χ3n) is 5.35. The first-order valence-electron chi connectivity index (χ1n) is 8.80. The number of hydrogen-bond donors (Lipinski definition) is 1. The van der Waals surface area contributed by atoms with Crippen LogP contribution in [0, 0.1) is 0 Å². The van der Waals surface area contributed by atoms with Gasteiger partial charge in [0, 0.05) is 12.7 Å². The third-order valence-corrected chi connectivity index (χ3v) is 9.88. The van der Waals surface area contributed by atoms with Gasteiger partial charge in [0.05, 0.1) is 12.2 Å². The fourth-order valence-electron chi connectivity index (χ4n) is 3.02. The highest BCUT2D eigenvalue weighted by molar-refractivity contribution is 6.74. The lowest BCUT2D eigenvalue weighted by Crippen LogP contribution is -2.48. The Labute approximate surface area is 136 Å². The number of ether oxygens (including phenoxy) is 2. The minimum atomic E-state index is -1.80. The molecule has 2 rings (SSSR count). The van der Waals surface area contributed by atoms with Crippen LogP contribution in [0.5, 0.6) is 0 Å². The normalized spacial score (nSPS) is 34.6. The molecule has 1 N–H and O–H groups in total. The number of rotatable bonds is 4. The Kier molecular flexibility index (Phi) is 6.11. The van der Waals surface area contributed by atoms with Crippen LogP contribution in [0.1, 0.15) is 59.3 Å². The van der Waals surface area contributed by atoms with Crippen molar-refractivity contribution in [2.75, 3.05) is 6.61 Å².